The average molecular weight is 422 g/mol. The van der Waals surface area contributed by atoms with E-state index in [1.54, 1.807) is 30.5 Å². The summed E-state index contributed by atoms with van der Waals surface area (Å²) in [6, 6.07) is 9.97. The highest BCUT2D eigenvalue weighted by molar-refractivity contribution is 7.13. The van der Waals surface area contributed by atoms with E-state index in [9.17, 15) is 22.4 Å². The Balaban J connectivity index is 1.58. The number of aromatic nitrogens is 1. The van der Waals surface area contributed by atoms with Crippen molar-refractivity contribution in [2.45, 2.75) is 25.9 Å². The molecular formula is C21H18F4N2OS. The number of halogens is 4. The minimum absolute atomic E-state index is 0.0847. The van der Waals surface area contributed by atoms with E-state index in [4.69, 9.17) is 0 Å². The van der Waals surface area contributed by atoms with Crippen LogP contribution >= 0.6 is 11.3 Å². The van der Waals surface area contributed by atoms with Crippen LogP contribution in [0.1, 0.15) is 32.2 Å². The van der Waals surface area contributed by atoms with Crippen molar-refractivity contribution >= 4 is 17.2 Å². The fraction of sp³-hybridized carbons (Fsp3) is 0.238. The molecule has 0 unspecified atom stereocenters. The molecule has 1 aromatic heterocycles. The number of hydrogen-bond acceptors (Lipinski definition) is 3. The number of amides is 1. The van der Waals surface area contributed by atoms with E-state index in [1.807, 2.05) is 6.92 Å². The van der Waals surface area contributed by atoms with Gasteiger partial charge < -0.3 is 5.32 Å². The lowest BCUT2D eigenvalue weighted by atomic mass is 9.99. The van der Waals surface area contributed by atoms with Crippen molar-refractivity contribution in [3.05, 3.63) is 75.5 Å². The van der Waals surface area contributed by atoms with Crippen LogP contribution in [0.2, 0.25) is 0 Å². The number of thiazole rings is 1. The van der Waals surface area contributed by atoms with Crippen LogP contribution < -0.4 is 5.32 Å². The van der Waals surface area contributed by atoms with E-state index in [2.05, 4.69) is 10.3 Å². The lowest BCUT2D eigenvalue weighted by molar-refractivity contribution is -0.139. The number of alkyl halides is 3. The van der Waals surface area contributed by atoms with Crippen LogP contribution in [-0.2, 0) is 12.6 Å². The topological polar surface area (TPSA) is 42.0 Å². The van der Waals surface area contributed by atoms with Crippen molar-refractivity contribution in [1.29, 1.82) is 0 Å². The second-order valence-electron chi connectivity index (χ2n) is 6.46. The second-order valence-corrected chi connectivity index (χ2v) is 7.70. The van der Waals surface area contributed by atoms with Gasteiger partial charge in [0.15, 0.2) is 0 Å². The Bertz CT molecular complexity index is 997. The largest absolute Gasteiger partial charge is 0.419 e. The first-order valence-corrected chi connectivity index (χ1v) is 9.73. The van der Waals surface area contributed by atoms with Crippen molar-refractivity contribution < 1.29 is 22.4 Å². The molecule has 3 rings (SSSR count). The van der Waals surface area contributed by atoms with E-state index in [0.717, 1.165) is 16.6 Å². The Hall–Kier alpha value is -2.74. The third-order valence-corrected chi connectivity index (χ3v) is 5.25. The third-order valence-electron chi connectivity index (χ3n) is 4.34. The maximum Gasteiger partial charge on any atom is 0.419 e. The SMILES string of the molecule is Cc1ncc(C(=O)NCCCc2ccc(-c3cccc(C(F)(F)F)c3F)cc2)s1. The summed E-state index contributed by atoms with van der Waals surface area (Å²) in [5, 5.41) is 3.65. The average Bonchev–Trinajstić information content (AvgIpc) is 3.11. The molecule has 3 nitrogen and oxygen atoms in total. The molecule has 2 aromatic carbocycles. The van der Waals surface area contributed by atoms with Crippen molar-refractivity contribution in [3.8, 4) is 11.1 Å². The normalized spacial score (nSPS) is 11.5. The van der Waals surface area contributed by atoms with Gasteiger partial charge >= 0.3 is 6.18 Å². The van der Waals surface area contributed by atoms with Crippen LogP contribution in [0.15, 0.2) is 48.7 Å². The van der Waals surface area contributed by atoms with Crippen LogP contribution in [0.5, 0.6) is 0 Å². The molecule has 0 aliphatic carbocycles. The Morgan fingerprint density at radius 1 is 1.14 bits per heavy atom. The van der Waals surface area contributed by atoms with Gasteiger partial charge in [-0.1, -0.05) is 36.4 Å². The maximum absolute atomic E-state index is 14.3. The highest BCUT2D eigenvalue weighted by atomic mass is 32.1. The van der Waals surface area contributed by atoms with E-state index in [0.29, 0.717) is 29.8 Å². The zero-order chi connectivity index (χ0) is 21.0. The van der Waals surface area contributed by atoms with Gasteiger partial charge in [-0.25, -0.2) is 9.37 Å². The van der Waals surface area contributed by atoms with Crippen LogP contribution in [0.4, 0.5) is 17.6 Å². The Morgan fingerprint density at radius 3 is 2.48 bits per heavy atom. The Morgan fingerprint density at radius 2 is 1.86 bits per heavy atom. The van der Waals surface area contributed by atoms with Crippen LogP contribution in [0, 0.1) is 12.7 Å². The fourth-order valence-electron chi connectivity index (χ4n) is 2.87. The lowest BCUT2D eigenvalue weighted by Crippen LogP contribution is -2.23. The molecule has 0 radical (unpaired) electrons. The molecule has 1 N–H and O–H groups in total. The van der Waals surface area contributed by atoms with Gasteiger partial charge in [-0.05, 0) is 37.0 Å². The molecule has 0 fully saturated rings. The monoisotopic (exact) mass is 422 g/mol. The quantitative estimate of drug-likeness (QED) is 0.413. The molecule has 0 aliphatic rings. The minimum atomic E-state index is -4.73. The zero-order valence-electron chi connectivity index (χ0n) is 15.5. The predicted octanol–water partition coefficient (Wildman–Crippen LogP) is 5.64. The number of benzene rings is 2. The van der Waals surface area contributed by atoms with Gasteiger partial charge in [0.2, 0.25) is 0 Å². The standard InChI is InChI=1S/C21H18F4N2OS/c1-13-27-12-18(29-13)20(28)26-11-3-4-14-7-9-15(10-8-14)16-5-2-6-17(19(16)22)21(23,24)25/h2,5-10,12H,3-4,11H2,1H3,(H,26,28). The molecule has 8 heteroatoms. The van der Waals surface area contributed by atoms with Gasteiger partial charge in [-0.3, -0.25) is 4.79 Å². The fourth-order valence-corrected chi connectivity index (χ4v) is 3.57. The summed E-state index contributed by atoms with van der Waals surface area (Å²) in [4.78, 5) is 16.5. The van der Waals surface area contributed by atoms with Crippen LogP contribution in [0.25, 0.3) is 11.1 Å². The summed E-state index contributed by atoms with van der Waals surface area (Å²) < 4.78 is 52.9. The predicted molar refractivity (Wildman–Crippen MR) is 104 cm³/mol. The second kappa shape index (κ2) is 8.73. The number of hydrogen-bond donors (Lipinski definition) is 1. The zero-order valence-corrected chi connectivity index (χ0v) is 16.3. The van der Waals surface area contributed by atoms with E-state index in [1.165, 1.54) is 23.5 Å². The van der Waals surface area contributed by atoms with Gasteiger partial charge in [0.25, 0.3) is 5.91 Å². The molecule has 29 heavy (non-hydrogen) atoms. The summed E-state index contributed by atoms with van der Waals surface area (Å²) >= 11 is 1.33. The number of nitrogens with one attached hydrogen (secondary N) is 1. The molecule has 1 amide bonds. The first-order valence-electron chi connectivity index (χ1n) is 8.91. The van der Waals surface area contributed by atoms with Crippen LogP contribution in [-0.4, -0.2) is 17.4 Å². The maximum atomic E-state index is 14.3. The molecule has 3 aromatic rings. The first-order chi connectivity index (χ1) is 13.8. The molecule has 0 aliphatic heterocycles. The van der Waals surface area contributed by atoms with Gasteiger partial charge in [-0.15, -0.1) is 11.3 Å². The van der Waals surface area contributed by atoms with Crippen molar-refractivity contribution in [2.75, 3.05) is 6.54 Å². The number of nitrogens with zero attached hydrogens (tertiary/aromatic N) is 1. The van der Waals surface area contributed by atoms with E-state index < -0.39 is 17.6 Å². The highest BCUT2D eigenvalue weighted by Gasteiger charge is 2.34. The van der Waals surface area contributed by atoms with Crippen LogP contribution in [0.3, 0.4) is 0 Å². The van der Waals surface area contributed by atoms with Gasteiger partial charge in [-0.2, -0.15) is 13.2 Å². The third kappa shape index (κ3) is 5.20. The lowest BCUT2D eigenvalue weighted by Gasteiger charge is -2.12. The van der Waals surface area contributed by atoms with Crippen molar-refractivity contribution in [1.82, 2.24) is 10.3 Å². The van der Waals surface area contributed by atoms with Crippen molar-refractivity contribution in [2.24, 2.45) is 0 Å². The Kier molecular flexibility index (Phi) is 6.32. The Labute approximate surface area is 169 Å². The summed E-state index contributed by atoms with van der Waals surface area (Å²) in [7, 11) is 0. The molecule has 0 atom stereocenters. The molecular weight excluding hydrogens is 404 g/mol. The number of carbonyl (C=O) groups excluding carboxylic acids is 1. The first kappa shape index (κ1) is 21.0. The molecule has 0 saturated carbocycles. The number of rotatable bonds is 6. The van der Waals surface area contributed by atoms with Gasteiger partial charge in [0.1, 0.15) is 10.7 Å². The number of aryl methyl sites for hydroxylation is 2. The number of carbonyl (C=O) groups is 1. The molecule has 1 heterocycles. The van der Waals surface area contributed by atoms with E-state index >= 15 is 0 Å². The van der Waals surface area contributed by atoms with Gasteiger partial charge in [0, 0.05) is 12.1 Å². The molecule has 152 valence electrons. The highest BCUT2D eigenvalue weighted by Crippen LogP contribution is 2.35. The summed E-state index contributed by atoms with van der Waals surface area (Å²) in [6.45, 7) is 2.32. The van der Waals surface area contributed by atoms with Crippen molar-refractivity contribution in [3.63, 3.8) is 0 Å². The molecule has 0 spiro atoms. The minimum Gasteiger partial charge on any atom is -0.351 e. The van der Waals surface area contributed by atoms with Gasteiger partial charge in [0.05, 0.1) is 16.8 Å². The summed E-state index contributed by atoms with van der Waals surface area (Å²) in [5.41, 5.74) is -0.0281. The van der Waals surface area contributed by atoms with E-state index in [-0.39, 0.29) is 11.5 Å². The smallest absolute Gasteiger partial charge is 0.351 e. The summed E-state index contributed by atoms with van der Waals surface area (Å²) in [5.74, 6) is -1.43. The molecule has 0 bridgehead atoms. The summed E-state index contributed by atoms with van der Waals surface area (Å²) in [6.07, 6.45) is -1.82. The molecule has 0 saturated heterocycles.